The molecule has 1 amide bonds. The van der Waals surface area contributed by atoms with Gasteiger partial charge in [0.25, 0.3) is 5.91 Å². The predicted octanol–water partition coefficient (Wildman–Crippen LogP) is 5.08. The van der Waals surface area contributed by atoms with Crippen LogP contribution in [0.1, 0.15) is 27.0 Å². The fourth-order valence-electron chi connectivity index (χ4n) is 2.61. The molecule has 1 aromatic heterocycles. The molecule has 0 unspecified atom stereocenters. The number of aromatic nitrogens is 1. The average molecular weight is 385 g/mol. The molecule has 0 aliphatic rings. The van der Waals surface area contributed by atoms with Crippen molar-refractivity contribution in [2.75, 3.05) is 5.32 Å². The molecule has 2 aromatic carbocycles. The number of benzene rings is 2. The lowest BCUT2D eigenvalue weighted by atomic mass is 10.1. The summed E-state index contributed by atoms with van der Waals surface area (Å²) in [6.45, 7) is 2.37. The molecule has 0 bridgehead atoms. The highest BCUT2D eigenvalue weighted by Crippen LogP contribution is 2.31. The number of halogens is 3. The fourth-order valence-corrected chi connectivity index (χ4v) is 2.61. The van der Waals surface area contributed by atoms with E-state index in [4.69, 9.17) is 0 Å². The van der Waals surface area contributed by atoms with E-state index in [9.17, 15) is 18.0 Å². The molecule has 7 heteroatoms. The highest BCUT2D eigenvalue weighted by molar-refractivity contribution is 5.94. The van der Waals surface area contributed by atoms with Crippen molar-refractivity contribution in [1.82, 2.24) is 10.3 Å². The monoisotopic (exact) mass is 385 g/mol. The van der Waals surface area contributed by atoms with Crippen molar-refractivity contribution in [2.45, 2.75) is 19.6 Å². The molecule has 4 nitrogen and oxygen atoms in total. The number of hydrogen-bond donors (Lipinski definition) is 2. The number of alkyl halides is 3. The van der Waals surface area contributed by atoms with E-state index in [-0.39, 0.29) is 11.6 Å². The third-order valence-corrected chi connectivity index (χ3v) is 4.19. The second-order valence-electron chi connectivity index (χ2n) is 6.24. The van der Waals surface area contributed by atoms with Crippen LogP contribution in [-0.2, 0) is 12.7 Å². The topological polar surface area (TPSA) is 54.0 Å². The zero-order valence-corrected chi connectivity index (χ0v) is 15.0. The molecular weight excluding hydrogens is 367 g/mol. The lowest BCUT2D eigenvalue weighted by molar-refractivity contribution is -0.137. The van der Waals surface area contributed by atoms with Gasteiger partial charge in [0.1, 0.15) is 5.82 Å². The van der Waals surface area contributed by atoms with Gasteiger partial charge in [0, 0.05) is 18.4 Å². The van der Waals surface area contributed by atoms with Gasteiger partial charge in [-0.1, -0.05) is 30.3 Å². The molecule has 0 saturated heterocycles. The maximum absolute atomic E-state index is 12.8. The maximum atomic E-state index is 12.8. The van der Waals surface area contributed by atoms with Crippen LogP contribution in [0.5, 0.6) is 0 Å². The van der Waals surface area contributed by atoms with Gasteiger partial charge in [-0.25, -0.2) is 4.98 Å². The molecule has 2 N–H and O–H groups in total. The van der Waals surface area contributed by atoms with Crippen molar-refractivity contribution in [3.63, 3.8) is 0 Å². The Morgan fingerprint density at radius 1 is 1.04 bits per heavy atom. The van der Waals surface area contributed by atoms with Gasteiger partial charge in [-0.05, 0) is 48.4 Å². The number of pyridine rings is 1. The summed E-state index contributed by atoms with van der Waals surface area (Å²) in [6.07, 6.45) is -3.03. The standard InChI is InChI=1S/C21H18F3N3O/c1-14-5-2-3-6-15(14)12-26-20(28)16-9-10-19(25-13-16)27-18-8-4-7-17(11-18)21(22,23)24/h2-11,13H,12H2,1H3,(H,25,27)(H,26,28). The fraction of sp³-hybridized carbons (Fsp3) is 0.143. The first kappa shape index (κ1) is 19.4. The predicted molar refractivity (Wildman–Crippen MR) is 101 cm³/mol. The minimum Gasteiger partial charge on any atom is -0.348 e. The van der Waals surface area contributed by atoms with E-state index < -0.39 is 11.7 Å². The molecule has 0 saturated carbocycles. The van der Waals surface area contributed by atoms with Crippen molar-refractivity contribution >= 4 is 17.4 Å². The number of nitrogens with zero attached hydrogens (tertiary/aromatic N) is 1. The van der Waals surface area contributed by atoms with Crippen LogP contribution in [0.3, 0.4) is 0 Å². The quantitative estimate of drug-likeness (QED) is 0.644. The van der Waals surface area contributed by atoms with Crippen LogP contribution >= 0.6 is 0 Å². The Morgan fingerprint density at radius 3 is 2.50 bits per heavy atom. The highest BCUT2D eigenvalue weighted by atomic mass is 19.4. The van der Waals surface area contributed by atoms with Crippen LogP contribution < -0.4 is 10.6 Å². The number of carbonyl (C=O) groups excluding carboxylic acids is 1. The Balaban J connectivity index is 1.63. The van der Waals surface area contributed by atoms with Gasteiger partial charge < -0.3 is 10.6 Å². The molecule has 144 valence electrons. The summed E-state index contributed by atoms with van der Waals surface area (Å²) >= 11 is 0. The minimum atomic E-state index is -4.41. The molecule has 3 aromatic rings. The molecule has 1 heterocycles. The van der Waals surface area contributed by atoms with E-state index in [1.54, 1.807) is 12.1 Å². The summed E-state index contributed by atoms with van der Waals surface area (Å²) in [7, 11) is 0. The second-order valence-corrected chi connectivity index (χ2v) is 6.24. The Kier molecular flexibility index (Phi) is 5.63. The van der Waals surface area contributed by atoms with Crippen molar-refractivity contribution < 1.29 is 18.0 Å². The molecule has 0 spiro atoms. The third kappa shape index (κ3) is 4.88. The first-order valence-electron chi connectivity index (χ1n) is 8.56. The molecule has 0 fully saturated rings. The minimum absolute atomic E-state index is 0.263. The number of anilines is 2. The lowest BCUT2D eigenvalue weighted by Crippen LogP contribution is -2.23. The van der Waals surface area contributed by atoms with Crippen LogP contribution in [0.2, 0.25) is 0 Å². The molecule has 3 rings (SSSR count). The van der Waals surface area contributed by atoms with Gasteiger partial charge in [-0.2, -0.15) is 13.2 Å². The Hall–Kier alpha value is -3.35. The number of rotatable bonds is 5. The Labute approximate surface area is 160 Å². The molecule has 0 aliphatic heterocycles. The van der Waals surface area contributed by atoms with E-state index in [2.05, 4.69) is 15.6 Å². The summed E-state index contributed by atoms with van der Waals surface area (Å²) in [5.74, 6) is 0.0659. The van der Waals surface area contributed by atoms with Gasteiger partial charge >= 0.3 is 6.18 Å². The van der Waals surface area contributed by atoms with Crippen molar-refractivity contribution in [2.24, 2.45) is 0 Å². The van der Waals surface area contributed by atoms with Gasteiger partial charge in [0.05, 0.1) is 11.1 Å². The number of carbonyl (C=O) groups is 1. The summed E-state index contributed by atoms with van der Waals surface area (Å²) in [6, 6.07) is 15.7. The van der Waals surface area contributed by atoms with Crippen LogP contribution in [0.15, 0.2) is 66.9 Å². The Bertz CT molecular complexity index is 969. The first-order valence-corrected chi connectivity index (χ1v) is 8.56. The van der Waals surface area contributed by atoms with E-state index in [0.29, 0.717) is 17.9 Å². The van der Waals surface area contributed by atoms with Crippen LogP contribution in [0.4, 0.5) is 24.7 Å². The van der Waals surface area contributed by atoms with Crippen LogP contribution in [-0.4, -0.2) is 10.9 Å². The van der Waals surface area contributed by atoms with Crippen molar-refractivity contribution in [3.8, 4) is 0 Å². The smallest absolute Gasteiger partial charge is 0.348 e. The lowest BCUT2D eigenvalue weighted by Gasteiger charge is -2.11. The van der Waals surface area contributed by atoms with Gasteiger partial charge in [0.15, 0.2) is 0 Å². The van der Waals surface area contributed by atoms with E-state index >= 15 is 0 Å². The summed E-state index contributed by atoms with van der Waals surface area (Å²) < 4.78 is 38.3. The number of aryl methyl sites for hydroxylation is 1. The maximum Gasteiger partial charge on any atom is 0.416 e. The van der Waals surface area contributed by atoms with Crippen molar-refractivity contribution in [3.05, 3.63) is 89.1 Å². The SMILES string of the molecule is Cc1ccccc1CNC(=O)c1ccc(Nc2cccc(C(F)(F)F)c2)nc1. The number of nitrogens with one attached hydrogen (secondary N) is 2. The van der Waals surface area contributed by atoms with E-state index in [1.807, 2.05) is 31.2 Å². The number of hydrogen-bond acceptors (Lipinski definition) is 3. The zero-order chi connectivity index (χ0) is 20.1. The molecule has 0 atom stereocenters. The van der Waals surface area contributed by atoms with Gasteiger partial charge in [-0.3, -0.25) is 4.79 Å². The third-order valence-electron chi connectivity index (χ3n) is 4.19. The van der Waals surface area contributed by atoms with Gasteiger partial charge in [-0.15, -0.1) is 0 Å². The van der Waals surface area contributed by atoms with Crippen LogP contribution in [0, 0.1) is 6.92 Å². The summed E-state index contributed by atoms with van der Waals surface area (Å²) in [5.41, 5.74) is 1.99. The van der Waals surface area contributed by atoms with Crippen LogP contribution in [0.25, 0.3) is 0 Å². The second kappa shape index (κ2) is 8.12. The summed E-state index contributed by atoms with van der Waals surface area (Å²) in [5, 5.41) is 5.63. The van der Waals surface area contributed by atoms with E-state index in [1.165, 1.54) is 18.3 Å². The average Bonchev–Trinajstić information content (AvgIpc) is 2.67. The molecule has 0 aliphatic carbocycles. The highest BCUT2D eigenvalue weighted by Gasteiger charge is 2.30. The van der Waals surface area contributed by atoms with Crippen molar-refractivity contribution in [1.29, 1.82) is 0 Å². The first-order chi connectivity index (χ1) is 13.3. The summed E-state index contributed by atoms with van der Waals surface area (Å²) in [4.78, 5) is 16.4. The molecular formula is C21H18F3N3O. The zero-order valence-electron chi connectivity index (χ0n) is 15.0. The molecule has 0 radical (unpaired) electrons. The molecule has 28 heavy (non-hydrogen) atoms. The van der Waals surface area contributed by atoms with Gasteiger partial charge in [0.2, 0.25) is 0 Å². The normalized spacial score (nSPS) is 11.1. The van der Waals surface area contributed by atoms with E-state index in [0.717, 1.165) is 23.3 Å². The number of amides is 1. The Morgan fingerprint density at radius 2 is 1.82 bits per heavy atom. The largest absolute Gasteiger partial charge is 0.416 e.